The van der Waals surface area contributed by atoms with E-state index in [1.165, 1.54) is 6.92 Å². The largest absolute Gasteiger partial charge is 0.479 e. The van der Waals surface area contributed by atoms with Gasteiger partial charge >= 0.3 is 5.97 Å². The molecule has 7 N–H and O–H groups in total. The number of nitrogens with two attached hydrogens (primary N) is 2. The number of hydrogen-bond acceptors (Lipinski definition) is 5. The third-order valence-corrected chi connectivity index (χ3v) is 4.68. The Balaban J connectivity index is 3.28. The quantitative estimate of drug-likeness (QED) is 0.250. The average molecular weight is 385 g/mol. The maximum atomic E-state index is 13.1. The Morgan fingerprint density at radius 3 is 2.19 bits per heavy atom. The Kier molecular flexibility index (Phi) is 8.01. The smallest absolute Gasteiger partial charge is 0.335 e. The molecule has 27 heavy (non-hydrogen) atoms. The number of aliphatic carboxylic acids is 1. The highest BCUT2D eigenvalue weighted by Crippen LogP contribution is 2.39. The number of guanidine groups is 1. The van der Waals surface area contributed by atoms with Crippen LogP contribution in [0.1, 0.15) is 46.5 Å². The van der Waals surface area contributed by atoms with Crippen LogP contribution in [-0.2, 0) is 14.4 Å². The first-order chi connectivity index (χ1) is 12.6. The van der Waals surface area contributed by atoms with Gasteiger partial charge in [0.05, 0.1) is 6.04 Å². The molecule has 0 saturated heterocycles. The molecule has 1 aliphatic rings. The highest BCUT2D eigenvalue weighted by molar-refractivity contribution is 5.88. The van der Waals surface area contributed by atoms with Gasteiger partial charge in [-0.1, -0.05) is 13.8 Å². The predicted octanol–water partition coefficient (Wildman–Crippen LogP) is -0.993. The third kappa shape index (κ3) is 5.81. The molecular weight excluding hydrogens is 354 g/mol. The molecule has 0 bridgehead atoms. The van der Waals surface area contributed by atoms with Gasteiger partial charge in [0.25, 0.3) is 0 Å². The predicted molar refractivity (Wildman–Crippen MR) is 99.7 cm³/mol. The lowest BCUT2D eigenvalue weighted by molar-refractivity contribution is -0.158. The molecule has 0 aromatic carbocycles. The number of carbonyl (C=O) groups excluding carboxylic acids is 2. The van der Waals surface area contributed by atoms with Gasteiger partial charge < -0.3 is 31.9 Å². The highest BCUT2D eigenvalue weighted by Gasteiger charge is 2.53. The zero-order chi connectivity index (χ0) is 20.8. The highest BCUT2D eigenvalue weighted by atomic mass is 16.4. The van der Waals surface area contributed by atoms with E-state index < -0.39 is 35.5 Å². The fraction of sp³-hybridized carbons (Fsp3) is 0.765. The topological polar surface area (TPSA) is 171 Å². The summed E-state index contributed by atoms with van der Waals surface area (Å²) >= 11 is 0. The van der Waals surface area contributed by atoms with Crippen LogP contribution in [0.4, 0.5) is 0 Å². The molecule has 0 aliphatic heterocycles. The van der Waals surface area contributed by atoms with Gasteiger partial charge in [0.1, 0.15) is 6.04 Å². The lowest BCUT2D eigenvalue weighted by Gasteiger charge is -2.32. The molecule has 1 rings (SSSR count). The van der Waals surface area contributed by atoms with E-state index >= 15 is 0 Å². The van der Waals surface area contributed by atoms with E-state index in [0.717, 1.165) is 12.8 Å². The Morgan fingerprint density at radius 1 is 1.22 bits per heavy atom. The Labute approximate surface area is 159 Å². The number of aliphatic hydroxyl groups is 1. The van der Waals surface area contributed by atoms with Crippen molar-refractivity contribution in [3.8, 4) is 0 Å². The van der Waals surface area contributed by atoms with E-state index in [9.17, 15) is 24.6 Å². The number of nitrogens with zero attached hydrogens (tertiary/aromatic N) is 2. The summed E-state index contributed by atoms with van der Waals surface area (Å²) in [6.45, 7) is 6.16. The van der Waals surface area contributed by atoms with Crippen LogP contribution in [-0.4, -0.2) is 69.6 Å². The SMILES string of the molecule is CCCN(CCC)C(=O)C(NC(C)=O)C1C[C@@](O)(C(=O)O)CC1N=C(N)N. The standard InChI is InChI=1S/C17H31N5O5/c1-4-6-22(7-5-2)14(24)13(20-10(3)23)11-8-17(27,15(25)26)9-12(11)21-16(18)19/h11-13,27H,4-9H2,1-3H3,(H,20,23)(H,25,26)(H4,18,19,21)/t11?,12?,13?,17-/m0/s1. The van der Waals surface area contributed by atoms with Crippen LogP contribution in [0.2, 0.25) is 0 Å². The van der Waals surface area contributed by atoms with Gasteiger partial charge in [0.2, 0.25) is 11.8 Å². The number of hydrogen-bond donors (Lipinski definition) is 5. The second kappa shape index (κ2) is 9.54. The summed E-state index contributed by atoms with van der Waals surface area (Å²) in [5.41, 5.74) is 8.83. The van der Waals surface area contributed by atoms with E-state index in [4.69, 9.17) is 11.5 Å². The molecule has 0 aromatic heterocycles. The van der Waals surface area contributed by atoms with Gasteiger partial charge in [-0.05, 0) is 19.3 Å². The minimum Gasteiger partial charge on any atom is -0.479 e. The fourth-order valence-corrected chi connectivity index (χ4v) is 3.59. The van der Waals surface area contributed by atoms with E-state index in [-0.39, 0.29) is 24.7 Å². The molecular formula is C17H31N5O5. The second-order valence-electron chi connectivity index (χ2n) is 7.03. The van der Waals surface area contributed by atoms with Crippen molar-refractivity contribution >= 4 is 23.7 Å². The van der Waals surface area contributed by atoms with Crippen molar-refractivity contribution in [3.63, 3.8) is 0 Å². The van der Waals surface area contributed by atoms with Gasteiger partial charge in [-0.3, -0.25) is 9.59 Å². The van der Waals surface area contributed by atoms with Crippen LogP contribution in [0.5, 0.6) is 0 Å². The molecule has 10 heteroatoms. The van der Waals surface area contributed by atoms with Gasteiger partial charge in [-0.15, -0.1) is 0 Å². The number of aliphatic imine (C=N–C) groups is 1. The zero-order valence-electron chi connectivity index (χ0n) is 16.1. The molecule has 1 saturated carbocycles. The summed E-state index contributed by atoms with van der Waals surface area (Å²) in [6.07, 6.45) is 0.988. The molecule has 3 unspecified atom stereocenters. The van der Waals surface area contributed by atoms with Crippen molar-refractivity contribution in [2.24, 2.45) is 22.4 Å². The fourth-order valence-electron chi connectivity index (χ4n) is 3.59. The van der Waals surface area contributed by atoms with Gasteiger partial charge in [0.15, 0.2) is 11.6 Å². The number of rotatable bonds is 9. The molecule has 0 radical (unpaired) electrons. The number of nitrogens with one attached hydrogen (secondary N) is 1. The van der Waals surface area contributed by atoms with Gasteiger partial charge in [0, 0.05) is 32.4 Å². The lowest BCUT2D eigenvalue weighted by atomic mass is 9.91. The first-order valence-electron chi connectivity index (χ1n) is 9.16. The normalized spacial score (nSPS) is 25.5. The minimum absolute atomic E-state index is 0.240. The molecule has 1 aliphatic carbocycles. The monoisotopic (exact) mass is 385 g/mol. The van der Waals surface area contributed by atoms with E-state index in [1.54, 1.807) is 4.90 Å². The number of carboxylic acids is 1. The van der Waals surface area contributed by atoms with Crippen LogP contribution >= 0.6 is 0 Å². The summed E-state index contributed by atoms with van der Waals surface area (Å²) < 4.78 is 0. The average Bonchev–Trinajstić information content (AvgIpc) is 2.88. The van der Waals surface area contributed by atoms with Crippen molar-refractivity contribution in [1.29, 1.82) is 0 Å². The molecule has 10 nitrogen and oxygen atoms in total. The van der Waals surface area contributed by atoms with Crippen LogP contribution in [0.3, 0.4) is 0 Å². The molecule has 0 spiro atoms. The number of amides is 2. The summed E-state index contributed by atoms with van der Waals surface area (Å²) in [4.78, 5) is 42.0. The summed E-state index contributed by atoms with van der Waals surface area (Å²) in [6, 6.07) is -1.83. The Morgan fingerprint density at radius 2 is 1.78 bits per heavy atom. The molecule has 0 heterocycles. The first kappa shape index (κ1) is 22.7. The second-order valence-corrected chi connectivity index (χ2v) is 7.03. The van der Waals surface area contributed by atoms with E-state index in [2.05, 4.69) is 10.3 Å². The van der Waals surface area contributed by atoms with Crippen LogP contribution in [0.25, 0.3) is 0 Å². The molecule has 0 aromatic rings. The zero-order valence-corrected chi connectivity index (χ0v) is 16.1. The van der Waals surface area contributed by atoms with Crippen molar-refractivity contribution in [3.05, 3.63) is 0 Å². The maximum Gasteiger partial charge on any atom is 0.335 e. The molecule has 1 fully saturated rings. The summed E-state index contributed by atoms with van der Waals surface area (Å²) in [5.74, 6) is -3.19. The summed E-state index contributed by atoms with van der Waals surface area (Å²) in [7, 11) is 0. The molecule has 154 valence electrons. The van der Waals surface area contributed by atoms with Crippen molar-refractivity contribution in [2.45, 2.75) is 64.1 Å². The van der Waals surface area contributed by atoms with Gasteiger partial charge in [-0.2, -0.15) is 0 Å². The van der Waals surface area contributed by atoms with Crippen molar-refractivity contribution in [2.75, 3.05) is 13.1 Å². The Hall–Kier alpha value is -2.36. The van der Waals surface area contributed by atoms with E-state index in [1.807, 2.05) is 13.8 Å². The van der Waals surface area contributed by atoms with Crippen LogP contribution in [0, 0.1) is 5.92 Å². The molecule has 2 amide bonds. The number of carboxylic acid groups (broad SMARTS) is 1. The molecule has 4 atom stereocenters. The van der Waals surface area contributed by atoms with E-state index in [0.29, 0.717) is 13.1 Å². The maximum absolute atomic E-state index is 13.1. The first-order valence-corrected chi connectivity index (χ1v) is 9.16. The number of carbonyl (C=O) groups is 3. The lowest BCUT2D eigenvalue weighted by Crippen LogP contribution is -2.54. The van der Waals surface area contributed by atoms with Gasteiger partial charge in [-0.25, -0.2) is 9.79 Å². The van der Waals surface area contributed by atoms with Crippen LogP contribution < -0.4 is 16.8 Å². The van der Waals surface area contributed by atoms with Crippen molar-refractivity contribution < 1.29 is 24.6 Å². The Bertz CT molecular complexity index is 586. The van der Waals surface area contributed by atoms with Crippen molar-refractivity contribution in [1.82, 2.24) is 10.2 Å². The van der Waals surface area contributed by atoms with Crippen LogP contribution in [0.15, 0.2) is 4.99 Å². The third-order valence-electron chi connectivity index (χ3n) is 4.68. The minimum atomic E-state index is -2.06. The summed E-state index contributed by atoms with van der Waals surface area (Å²) in [5, 5.41) is 22.4.